The van der Waals surface area contributed by atoms with Crippen molar-refractivity contribution in [1.82, 2.24) is 0 Å². The highest BCUT2D eigenvalue weighted by molar-refractivity contribution is 5.90. The molecule has 0 aliphatic rings. The van der Waals surface area contributed by atoms with Gasteiger partial charge in [-0.25, -0.2) is 0 Å². The highest BCUT2D eigenvalue weighted by Crippen LogP contribution is 2.28. The summed E-state index contributed by atoms with van der Waals surface area (Å²) in [4.78, 5) is 11.1. The minimum Gasteiger partial charge on any atom is -0.494 e. The largest absolute Gasteiger partial charge is 0.494 e. The molecule has 1 unspecified atom stereocenters. The van der Waals surface area contributed by atoms with Gasteiger partial charge in [0.2, 0.25) is 5.91 Å². The van der Waals surface area contributed by atoms with Crippen LogP contribution in [0.15, 0.2) is 18.2 Å². The average Bonchev–Trinajstić information content (AvgIpc) is 2.44. The molecule has 0 aromatic heterocycles. The van der Waals surface area contributed by atoms with E-state index >= 15 is 0 Å². The maximum Gasteiger partial charge on any atom is 0.221 e. The van der Waals surface area contributed by atoms with E-state index in [0.717, 1.165) is 12.1 Å². The molecule has 2 N–H and O–H groups in total. The number of unbranched alkanes of at least 4 members (excludes halogenated alkanes) is 3. The molecule has 21 heavy (non-hydrogen) atoms. The van der Waals surface area contributed by atoms with Gasteiger partial charge in [0.15, 0.2) is 0 Å². The smallest absolute Gasteiger partial charge is 0.221 e. The minimum atomic E-state index is -0.0988. The molecule has 118 valence electrons. The Hall–Kier alpha value is -1.71. The molecule has 0 aliphatic heterocycles. The molecule has 0 saturated carbocycles. The van der Waals surface area contributed by atoms with Gasteiger partial charge in [-0.05, 0) is 25.5 Å². The van der Waals surface area contributed by atoms with Gasteiger partial charge in [0.05, 0.1) is 12.8 Å². The fourth-order valence-electron chi connectivity index (χ4n) is 2.31. The molecule has 0 spiro atoms. The van der Waals surface area contributed by atoms with Crippen molar-refractivity contribution in [2.24, 2.45) is 0 Å². The maximum atomic E-state index is 11.1. The lowest BCUT2D eigenvalue weighted by molar-refractivity contribution is -0.114. The van der Waals surface area contributed by atoms with Crippen molar-refractivity contribution in [3.8, 4) is 5.75 Å². The molecule has 1 atom stereocenters. The van der Waals surface area contributed by atoms with E-state index in [-0.39, 0.29) is 5.91 Å². The Morgan fingerprint density at radius 2 is 2.05 bits per heavy atom. The predicted molar refractivity (Wildman–Crippen MR) is 89.1 cm³/mol. The van der Waals surface area contributed by atoms with Crippen molar-refractivity contribution < 1.29 is 9.53 Å². The lowest BCUT2D eigenvalue weighted by Crippen LogP contribution is -2.15. The van der Waals surface area contributed by atoms with E-state index in [2.05, 4.69) is 24.5 Å². The summed E-state index contributed by atoms with van der Waals surface area (Å²) in [5.74, 6) is 0.576. The van der Waals surface area contributed by atoms with Gasteiger partial charge in [-0.1, -0.05) is 32.6 Å². The highest BCUT2D eigenvalue weighted by atomic mass is 16.5. The molecule has 1 aromatic rings. The van der Waals surface area contributed by atoms with E-state index in [4.69, 9.17) is 4.74 Å². The Labute approximate surface area is 128 Å². The van der Waals surface area contributed by atoms with Gasteiger partial charge in [-0.15, -0.1) is 0 Å². The molecule has 0 heterocycles. The van der Waals surface area contributed by atoms with Crippen molar-refractivity contribution in [3.63, 3.8) is 0 Å². The second kappa shape index (κ2) is 9.27. The summed E-state index contributed by atoms with van der Waals surface area (Å²) >= 11 is 0. The quantitative estimate of drug-likeness (QED) is 0.662. The maximum absolute atomic E-state index is 11.1. The number of carbonyl (C=O) groups is 1. The first-order valence-electron chi connectivity index (χ1n) is 7.79. The molecule has 1 amide bonds. The fraction of sp³-hybridized carbons (Fsp3) is 0.588. The van der Waals surface area contributed by atoms with E-state index in [1.807, 2.05) is 18.2 Å². The molecule has 0 radical (unpaired) electrons. The number of ether oxygens (including phenoxy) is 1. The third-order valence-corrected chi connectivity index (χ3v) is 3.42. The first-order chi connectivity index (χ1) is 10.1. The number of benzene rings is 1. The van der Waals surface area contributed by atoms with Crippen LogP contribution in [-0.4, -0.2) is 19.1 Å². The molecule has 0 aliphatic carbocycles. The lowest BCUT2D eigenvalue weighted by atomic mass is 10.1. The Morgan fingerprint density at radius 3 is 2.67 bits per heavy atom. The van der Waals surface area contributed by atoms with Gasteiger partial charge in [-0.2, -0.15) is 0 Å². The first-order valence-corrected chi connectivity index (χ1v) is 7.79. The molecular formula is C17H28N2O2. The van der Waals surface area contributed by atoms with Gasteiger partial charge in [-0.3, -0.25) is 4.79 Å². The molecule has 1 rings (SSSR count). The van der Waals surface area contributed by atoms with Crippen molar-refractivity contribution in [2.75, 3.05) is 17.7 Å². The van der Waals surface area contributed by atoms with E-state index < -0.39 is 0 Å². The summed E-state index contributed by atoms with van der Waals surface area (Å²) in [5.41, 5.74) is 1.72. The second-order valence-corrected chi connectivity index (χ2v) is 5.49. The number of hydrogen-bond acceptors (Lipinski definition) is 3. The van der Waals surface area contributed by atoms with Gasteiger partial charge in [0, 0.05) is 24.7 Å². The van der Waals surface area contributed by atoms with Crippen LogP contribution in [0.25, 0.3) is 0 Å². The third kappa shape index (κ3) is 6.52. The number of amides is 1. The van der Waals surface area contributed by atoms with Crippen LogP contribution in [0.1, 0.15) is 52.9 Å². The monoisotopic (exact) mass is 292 g/mol. The topological polar surface area (TPSA) is 50.4 Å². The van der Waals surface area contributed by atoms with Gasteiger partial charge >= 0.3 is 0 Å². The average molecular weight is 292 g/mol. The van der Waals surface area contributed by atoms with E-state index in [0.29, 0.717) is 17.5 Å². The Bertz CT molecular complexity index is 446. The predicted octanol–water partition coefficient (Wildman–Crippen LogP) is 4.42. The Morgan fingerprint density at radius 1 is 1.29 bits per heavy atom. The normalized spacial score (nSPS) is 11.8. The number of anilines is 2. The lowest BCUT2D eigenvalue weighted by Gasteiger charge is -2.17. The van der Waals surface area contributed by atoms with Crippen molar-refractivity contribution in [2.45, 2.75) is 58.9 Å². The van der Waals surface area contributed by atoms with Crippen LogP contribution in [0, 0.1) is 0 Å². The molecule has 0 fully saturated rings. The SMILES string of the molecule is CCCCCCC(C)Nc1ccc(NC(C)=O)c(OC)c1. The number of rotatable bonds is 9. The summed E-state index contributed by atoms with van der Waals surface area (Å²) in [6.07, 6.45) is 6.29. The van der Waals surface area contributed by atoms with Crippen LogP contribution >= 0.6 is 0 Å². The molecule has 4 heteroatoms. The zero-order chi connectivity index (χ0) is 15.7. The van der Waals surface area contributed by atoms with Gasteiger partial charge < -0.3 is 15.4 Å². The number of methoxy groups -OCH3 is 1. The zero-order valence-electron chi connectivity index (χ0n) is 13.7. The van der Waals surface area contributed by atoms with Crippen LogP contribution in [0.2, 0.25) is 0 Å². The first kappa shape index (κ1) is 17.3. The van der Waals surface area contributed by atoms with Crippen molar-refractivity contribution in [1.29, 1.82) is 0 Å². The second-order valence-electron chi connectivity index (χ2n) is 5.49. The standard InChI is InChI=1S/C17H28N2O2/c1-5-6-7-8-9-13(2)18-15-10-11-16(19-14(3)20)17(12-15)21-4/h10-13,18H,5-9H2,1-4H3,(H,19,20). The van der Waals surface area contributed by atoms with Crippen molar-refractivity contribution in [3.05, 3.63) is 18.2 Å². The number of carbonyl (C=O) groups excluding carboxylic acids is 1. The van der Waals surface area contributed by atoms with Gasteiger partial charge in [0.1, 0.15) is 5.75 Å². The summed E-state index contributed by atoms with van der Waals surface area (Å²) in [5, 5.41) is 6.24. The molecule has 4 nitrogen and oxygen atoms in total. The van der Waals surface area contributed by atoms with E-state index in [1.165, 1.54) is 32.6 Å². The van der Waals surface area contributed by atoms with Crippen LogP contribution in [0.4, 0.5) is 11.4 Å². The molecule has 0 bridgehead atoms. The van der Waals surface area contributed by atoms with Gasteiger partial charge in [0.25, 0.3) is 0 Å². The number of hydrogen-bond donors (Lipinski definition) is 2. The van der Waals surface area contributed by atoms with Crippen LogP contribution in [-0.2, 0) is 4.79 Å². The Balaban J connectivity index is 2.57. The molecule has 1 aromatic carbocycles. The van der Waals surface area contributed by atoms with Crippen LogP contribution in [0.5, 0.6) is 5.75 Å². The fourth-order valence-corrected chi connectivity index (χ4v) is 2.31. The number of nitrogens with one attached hydrogen (secondary N) is 2. The molecule has 0 saturated heterocycles. The summed E-state index contributed by atoms with van der Waals surface area (Å²) in [6, 6.07) is 6.19. The molecular weight excluding hydrogens is 264 g/mol. The summed E-state index contributed by atoms with van der Waals surface area (Å²) in [6.45, 7) is 5.91. The zero-order valence-corrected chi connectivity index (χ0v) is 13.7. The Kier molecular flexibility index (Phi) is 7.65. The summed E-state index contributed by atoms with van der Waals surface area (Å²) < 4.78 is 5.33. The van der Waals surface area contributed by atoms with Crippen LogP contribution < -0.4 is 15.4 Å². The van der Waals surface area contributed by atoms with E-state index in [9.17, 15) is 4.79 Å². The third-order valence-electron chi connectivity index (χ3n) is 3.42. The minimum absolute atomic E-state index is 0.0988. The highest BCUT2D eigenvalue weighted by Gasteiger charge is 2.08. The van der Waals surface area contributed by atoms with Crippen LogP contribution in [0.3, 0.4) is 0 Å². The van der Waals surface area contributed by atoms with E-state index in [1.54, 1.807) is 7.11 Å². The van der Waals surface area contributed by atoms with Crippen molar-refractivity contribution >= 4 is 17.3 Å². The summed E-state index contributed by atoms with van der Waals surface area (Å²) in [7, 11) is 1.61.